The number of ketones is 1. The number of hydrogen-bond acceptors (Lipinski definition) is 5. The maximum absolute atomic E-state index is 12.1. The van der Waals surface area contributed by atoms with Crippen LogP contribution in [-0.4, -0.2) is 26.9 Å². The number of fused-ring (bicyclic) bond motifs is 1. The van der Waals surface area contributed by atoms with Crippen molar-refractivity contribution in [3.05, 3.63) is 33.0 Å². The molecule has 0 aromatic carbocycles. The molecule has 1 aliphatic rings. The minimum atomic E-state index is -0.213. The van der Waals surface area contributed by atoms with E-state index in [-0.39, 0.29) is 11.7 Å². The zero-order valence-corrected chi connectivity index (χ0v) is 13.3. The van der Waals surface area contributed by atoms with Crippen molar-refractivity contribution < 1.29 is 9.59 Å². The highest BCUT2D eigenvalue weighted by Gasteiger charge is 2.17. The topological polar surface area (TPSA) is 87.7 Å². The average molecular weight is 318 g/mol. The molecule has 0 aliphatic heterocycles. The van der Waals surface area contributed by atoms with Crippen LogP contribution in [0.4, 0.5) is 0 Å². The number of aromatic amines is 1. The van der Waals surface area contributed by atoms with Crippen LogP contribution in [0, 0.1) is 0 Å². The van der Waals surface area contributed by atoms with E-state index >= 15 is 0 Å². The summed E-state index contributed by atoms with van der Waals surface area (Å²) in [6, 6.07) is 0. The van der Waals surface area contributed by atoms with Crippen molar-refractivity contribution in [2.75, 3.05) is 0 Å². The van der Waals surface area contributed by atoms with Gasteiger partial charge in [0.25, 0.3) is 5.91 Å². The van der Waals surface area contributed by atoms with E-state index in [4.69, 9.17) is 0 Å². The van der Waals surface area contributed by atoms with E-state index in [1.807, 2.05) is 0 Å². The molecular weight excluding hydrogens is 300 g/mol. The quantitative estimate of drug-likeness (QED) is 0.668. The molecule has 0 fully saturated rings. The molecule has 0 spiro atoms. The summed E-state index contributed by atoms with van der Waals surface area (Å²) < 4.78 is 0. The van der Waals surface area contributed by atoms with Crippen LogP contribution in [0.3, 0.4) is 0 Å². The molecule has 2 heterocycles. The lowest BCUT2D eigenvalue weighted by atomic mass is 10.1. The number of hydrogen-bond donors (Lipinski definition) is 2. The summed E-state index contributed by atoms with van der Waals surface area (Å²) in [5, 5.41) is 10.6. The highest BCUT2D eigenvalue weighted by molar-refractivity contribution is 7.15. The second kappa shape index (κ2) is 6.39. The summed E-state index contributed by atoms with van der Waals surface area (Å²) in [5.74, 6) is -0.336. The number of nitrogens with zero attached hydrogens (tertiary/aromatic N) is 2. The van der Waals surface area contributed by atoms with E-state index in [9.17, 15) is 9.59 Å². The zero-order valence-electron chi connectivity index (χ0n) is 12.4. The second-order valence-corrected chi connectivity index (χ2v) is 6.49. The number of carbonyl (C=O) groups is 2. The number of Topliss-reactive ketones (excluding diaryl/α,β-unsaturated/α-hetero) is 1. The SMILES string of the molecule is CC(=O)c1ncc(C(=O)NCc2n[nH]c3c2CCCCC3)s1. The van der Waals surface area contributed by atoms with Gasteiger partial charge in [-0.2, -0.15) is 5.10 Å². The fourth-order valence-corrected chi connectivity index (χ4v) is 3.39. The number of H-pyrrole nitrogens is 1. The smallest absolute Gasteiger partial charge is 0.263 e. The minimum absolute atomic E-state index is 0.123. The van der Waals surface area contributed by atoms with Gasteiger partial charge in [-0.15, -0.1) is 11.3 Å². The third-order valence-electron chi connectivity index (χ3n) is 3.84. The summed E-state index contributed by atoms with van der Waals surface area (Å²) in [7, 11) is 0. The lowest BCUT2D eigenvalue weighted by molar-refractivity contribution is 0.0953. The van der Waals surface area contributed by atoms with Gasteiger partial charge in [0.05, 0.1) is 18.4 Å². The molecular formula is C15H18N4O2S. The van der Waals surface area contributed by atoms with Crippen molar-refractivity contribution >= 4 is 23.0 Å². The Labute approximate surface area is 132 Å². The maximum Gasteiger partial charge on any atom is 0.263 e. The Morgan fingerprint density at radius 1 is 1.32 bits per heavy atom. The fraction of sp³-hybridized carbons (Fsp3) is 0.467. The third kappa shape index (κ3) is 3.09. The predicted molar refractivity (Wildman–Crippen MR) is 83.1 cm³/mol. The molecule has 116 valence electrons. The molecule has 0 saturated carbocycles. The molecule has 3 rings (SSSR count). The molecule has 0 radical (unpaired) electrons. The van der Waals surface area contributed by atoms with Crippen LogP contribution < -0.4 is 5.32 Å². The van der Waals surface area contributed by atoms with Gasteiger partial charge < -0.3 is 5.32 Å². The van der Waals surface area contributed by atoms with Gasteiger partial charge in [-0.1, -0.05) is 6.42 Å². The number of nitrogens with one attached hydrogen (secondary N) is 2. The summed E-state index contributed by atoms with van der Waals surface area (Å²) in [6.45, 7) is 1.84. The molecule has 1 aliphatic carbocycles. The Kier molecular flexibility index (Phi) is 4.33. The number of rotatable bonds is 4. The normalized spacial score (nSPS) is 14.2. The van der Waals surface area contributed by atoms with Gasteiger partial charge in [-0.05, 0) is 31.2 Å². The van der Waals surface area contributed by atoms with Gasteiger partial charge in [-0.25, -0.2) is 4.98 Å². The molecule has 1 amide bonds. The van der Waals surface area contributed by atoms with E-state index in [1.54, 1.807) is 0 Å². The van der Waals surface area contributed by atoms with Crippen LogP contribution in [-0.2, 0) is 19.4 Å². The highest BCUT2D eigenvalue weighted by Crippen LogP contribution is 2.21. The van der Waals surface area contributed by atoms with Crippen molar-refractivity contribution in [3.63, 3.8) is 0 Å². The Balaban J connectivity index is 1.66. The molecule has 7 heteroatoms. The molecule has 0 bridgehead atoms. The third-order valence-corrected chi connectivity index (χ3v) is 4.94. The lowest BCUT2D eigenvalue weighted by Gasteiger charge is -2.04. The van der Waals surface area contributed by atoms with Crippen molar-refractivity contribution in [1.29, 1.82) is 0 Å². The Morgan fingerprint density at radius 2 is 2.14 bits per heavy atom. The number of aryl methyl sites for hydroxylation is 1. The van der Waals surface area contributed by atoms with E-state index in [0.717, 1.165) is 29.9 Å². The average Bonchev–Trinajstić information content (AvgIpc) is 3.07. The molecule has 6 nitrogen and oxygen atoms in total. The molecule has 0 unspecified atom stereocenters. The predicted octanol–water partition coefficient (Wildman–Crippen LogP) is 2.27. The standard InChI is InChI=1S/C15H18N4O2S/c1-9(20)15-17-8-13(22-15)14(21)16-7-12-10-5-3-2-4-6-11(10)18-19-12/h8H,2-7H2,1H3,(H,16,21)(H,18,19). The maximum atomic E-state index is 12.1. The second-order valence-electron chi connectivity index (χ2n) is 5.46. The van der Waals surface area contributed by atoms with Crippen LogP contribution in [0.15, 0.2) is 6.20 Å². The summed E-state index contributed by atoms with van der Waals surface area (Å²) in [5.41, 5.74) is 3.38. The van der Waals surface area contributed by atoms with Gasteiger partial charge in [0.15, 0.2) is 10.8 Å². The fourth-order valence-electron chi connectivity index (χ4n) is 2.67. The first-order valence-electron chi connectivity index (χ1n) is 7.45. The largest absolute Gasteiger partial charge is 0.346 e. The van der Waals surface area contributed by atoms with Crippen molar-refractivity contribution in [3.8, 4) is 0 Å². The number of carbonyl (C=O) groups excluding carboxylic acids is 2. The molecule has 2 aromatic rings. The Bertz CT molecular complexity index is 704. The first kappa shape index (κ1) is 14.9. The monoisotopic (exact) mass is 318 g/mol. The van der Waals surface area contributed by atoms with Gasteiger partial charge in [0, 0.05) is 12.6 Å². The summed E-state index contributed by atoms with van der Waals surface area (Å²) in [6.07, 6.45) is 7.10. The first-order valence-corrected chi connectivity index (χ1v) is 8.26. The zero-order chi connectivity index (χ0) is 15.5. The van der Waals surface area contributed by atoms with Crippen LogP contribution in [0.1, 0.15) is 62.6 Å². The first-order chi connectivity index (χ1) is 10.6. The van der Waals surface area contributed by atoms with Gasteiger partial charge >= 0.3 is 0 Å². The Morgan fingerprint density at radius 3 is 2.91 bits per heavy atom. The summed E-state index contributed by atoms with van der Waals surface area (Å²) >= 11 is 1.12. The van der Waals surface area contributed by atoms with Crippen molar-refractivity contribution in [2.24, 2.45) is 0 Å². The summed E-state index contributed by atoms with van der Waals surface area (Å²) in [4.78, 5) is 27.7. The van der Waals surface area contributed by atoms with E-state index in [1.165, 1.54) is 43.6 Å². The van der Waals surface area contributed by atoms with Gasteiger partial charge in [0.2, 0.25) is 0 Å². The van der Waals surface area contributed by atoms with Crippen molar-refractivity contribution in [1.82, 2.24) is 20.5 Å². The van der Waals surface area contributed by atoms with E-state index < -0.39 is 0 Å². The Hall–Kier alpha value is -2.02. The van der Waals surface area contributed by atoms with Crippen LogP contribution in [0.5, 0.6) is 0 Å². The number of aromatic nitrogens is 3. The molecule has 22 heavy (non-hydrogen) atoms. The minimum Gasteiger partial charge on any atom is -0.346 e. The van der Waals surface area contributed by atoms with Crippen LogP contribution in [0.25, 0.3) is 0 Å². The lowest BCUT2D eigenvalue weighted by Crippen LogP contribution is -2.22. The van der Waals surface area contributed by atoms with Crippen molar-refractivity contribution in [2.45, 2.75) is 45.6 Å². The number of thiazole rings is 1. The number of amides is 1. The molecule has 2 N–H and O–H groups in total. The molecule has 0 atom stereocenters. The van der Waals surface area contributed by atoms with E-state index in [2.05, 4.69) is 20.5 Å². The van der Waals surface area contributed by atoms with Crippen LogP contribution in [0.2, 0.25) is 0 Å². The van der Waals surface area contributed by atoms with Gasteiger partial charge in [-0.3, -0.25) is 14.7 Å². The molecule has 0 saturated heterocycles. The highest BCUT2D eigenvalue weighted by atomic mass is 32.1. The molecule has 2 aromatic heterocycles. The van der Waals surface area contributed by atoms with Crippen LogP contribution >= 0.6 is 11.3 Å². The van der Waals surface area contributed by atoms with E-state index in [0.29, 0.717) is 16.4 Å². The van der Waals surface area contributed by atoms with Gasteiger partial charge in [0.1, 0.15) is 4.88 Å².